The highest BCUT2D eigenvalue weighted by molar-refractivity contribution is 5.58. The predicted molar refractivity (Wildman–Crippen MR) is 89.3 cm³/mol. The van der Waals surface area contributed by atoms with Crippen LogP contribution in [0.2, 0.25) is 0 Å². The molecule has 0 atom stereocenters. The molecule has 0 aliphatic rings. The smallest absolute Gasteiger partial charge is 0.0622 e. The summed E-state index contributed by atoms with van der Waals surface area (Å²) in [6, 6.07) is 28.0. The molecule has 0 heterocycles. The van der Waals surface area contributed by atoms with Crippen molar-refractivity contribution in [2.45, 2.75) is 13.8 Å². The van der Waals surface area contributed by atoms with Crippen molar-refractivity contribution in [1.82, 2.24) is 0 Å². The SMILES string of the molecule is Cc1cc(C)cc([C](c2ccccc2)c2ccccc2)c1. The largest absolute Gasteiger partial charge is 0.0629 e. The van der Waals surface area contributed by atoms with Crippen LogP contribution in [0, 0.1) is 19.8 Å². The molecule has 0 saturated heterocycles. The summed E-state index contributed by atoms with van der Waals surface area (Å²) in [6.45, 7) is 4.31. The van der Waals surface area contributed by atoms with E-state index in [1.807, 2.05) is 0 Å². The van der Waals surface area contributed by atoms with E-state index in [0.717, 1.165) is 0 Å². The van der Waals surface area contributed by atoms with Crippen LogP contribution in [0.4, 0.5) is 0 Å². The maximum Gasteiger partial charge on any atom is 0.0629 e. The molecule has 0 aliphatic heterocycles. The summed E-state index contributed by atoms with van der Waals surface area (Å²) in [4.78, 5) is 0. The minimum absolute atomic E-state index is 1.26. The highest BCUT2D eigenvalue weighted by atomic mass is 14.2. The van der Waals surface area contributed by atoms with Gasteiger partial charge in [-0.1, -0.05) is 90.0 Å². The van der Waals surface area contributed by atoms with E-state index in [4.69, 9.17) is 0 Å². The Kier molecular flexibility index (Phi) is 3.87. The van der Waals surface area contributed by atoms with Gasteiger partial charge >= 0.3 is 0 Å². The zero-order valence-corrected chi connectivity index (χ0v) is 12.5. The zero-order chi connectivity index (χ0) is 14.7. The second-order valence-electron chi connectivity index (χ2n) is 5.48. The first-order valence-electron chi connectivity index (χ1n) is 7.30. The number of benzene rings is 3. The van der Waals surface area contributed by atoms with Crippen LogP contribution in [-0.2, 0) is 0 Å². The Balaban J connectivity index is 2.17. The van der Waals surface area contributed by atoms with E-state index in [0.29, 0.717) is 0 Å². The number of hydrogen-bond acceptors (Lipinski definition) is 0. The zero-order valence-electron chi connectivity index (χ0n) is 12.5. The topological polar surface area (TPSA) is 0 Å². The molecule has 0 spiro atoms. The lowest BCUT2D eigenvalue weighted by Crippen LogP contribution is -2.05. The van der Waals surface area contributed by atoms with E-state index in [1.54, 1.807) is 0 Å². The Morgan fingerprint density at radius 3 is 1.38 bits per heavy atom. The molecule has 0 fully saturated rings. The van der Waals surface area contributed by atoms with Crippen LogP contribution in [0.15, 0.2) is 78.9 Å². The molecule has 0 bridgehead atoms. The molecule has 0 aromatic heterocycles. The Labute approximate surface area is 127 Å². The molecule has 21 heavy (non-hydrogen) atoms. The lowest BCUT2D eigenvalue weighted by Gasteiger charge is -2.19. The third-order valence-corrected chi connectivity index (χ3v) is 3.64. The molecule has 0 saturated carbocycles. The summed E-state index contributed by atoms with van der Waals surface area (Å²) < 4.78 is 0. The Hall–Kier alpha value is -2.34. The highest BCUT2D eigenvalue weighted by Gasteiger charge is 2.17. The van der Waals surface area contributed by atoms with Gasteiger partial charge in [0.2, 0.25) is 0 Å². The third kappa shape index (κ3) is 3.05. The van der Waals surface area contributed by atoms with E-state index in [1.165, 1.54) is 33.7 Å². The summed E-state index contributed by atoms with van der Waals surface area (Å²) in [6.07, 6.45) is 0. The number of rotatable bonds is 3. The minimum atomic E-state index is 1.26. The molecule has 3 rings (SSSR count). The highest BCUT2D eigenvalue weighted by Crippen LogP contribution is 2.31. The first-order chi connectivity index (χ1) is 10.2. The van der Waals surface area contributed by atoms with E-state index in [9.17, 15) is 0 Å². The van der Waals surface area contributed by atoms with Crippen molar-refractivity contribution < 1.29 is 0 Å². The fourth-order valence-electron chi connectivity index (χ4n) is 2.83. The lowest BCUT2D eigenvalue weighted by atomic mass is 9.84. The minimum Gasteiger partial charge on any atom is -0.0622 e. The van der Waals surface area contributed by atoms with Crippen molar-refractivity contribution >= 4 is 0 Å². The van der Waals surface area contributed by atoms with Crippen molar-refractivity contribution in [1.29, 1.82) is 0 Å². The van der Waals surface area contributed by atoms with Gasteiger partial charge in [-0.05, 0) is 30.5 Å². The van der Waals surface area contributed by atoms with Gasteiger partial charge in [-0.25, -0.2) is 0 Å². The van der Waals surface area contributed by atoms with Crippen molar-refractivity contribution in [3.05, 3.63) is 113 Å². The molecule has 0 N–H and O–H groups in total. The first-order valence-corrected chi connectivity index (χ1v) is 7.30. The Morgan fingerprint density at radius 1 is 0.524 bits per heavy atom. The van der Waals surface area contributed by atoms with Gasteiger partial charge in [0, 0.05) is 0 Å². The maximum absolute atomic E-state index is 2.27. The lowest BCUT2D eigenvalue weighted by molar-refractivity contribution is 1.20. The van der Waals surface area contributed by atoms with Crippen LogP contribution in [0.5, 0.6) is 0 Å². The molecule has 0 aliphatic carbocycles. The molecule has 0 nitrogen and oxygen atoms in total. The molecular weight excluding hydrogens is 252 g/mol. The molecule has 3 aromatic rings. The van der Waals surface area contributed by atoms with Crippen LogP contribution in [-0.4, -0.2) is 0 Å². The average molecular weight is 271 g/mol. The quantitative estimate of drug-likeness (QED) is 0.565. The summed E-state index contributed by atoms with van der Waals surface area (Å²) in [5, 5.41) is 0. The van der Waals surface area contributed by atoms with Crippen molar-refractivity contribution in [3.63, 3.8) is 0 Å². The molecule has 3 aromatic carbocycles. The van der Waals surface area contributed by atoms with Crippen LogP contribution in [0.3, 0.4) is 0 Å². The van der Waals surface area contributed by atoms with Gasteiger partial charge in [-0.3, -0.25) is 0 Å². The van der Waals surface area contributed by atoms with Gasteiger partial charge in [0.1, 0.15) is 0 Å². The van der Waals surface area contributed by atoms with Crippen LogP contribution >= 0.6 is 0 Å². The Morgan fingerprint density at radius 2 is 0.952 bits per heavy atom. The van der Waals surface area contributed by atoms with E-state index in [2.05, 4.69) is 92.7 Å². The second-order valence-corrected chi connectivity index (χ2v) is 5.48. The molecule has 0 unspecified atom stereocenters. The van der Waals surface area contributed by atoms with Crippen LogP contribution < -0.4 is 0 Å². The number of aryl methyl sites for hydroxylation is 2. The van der Waals surface area contributed by atoms with Crippen molar-refractivity contribution in [2.75, 3.05) is 0 Å². The second kappa shape index (κ2) is 5.97. The summed E-state index contributed by atoms with van der Waals surface area (Å²) >= 11 is 0. The van der Waals surface area contributed by atoms with Crippen LogP contribution in [0.25, 0.3) is 0 Å². The van der Waals surface area contributed by atoms with Gasteiger partial charge in [0.25, 0.3) is 0 Å². The van der Waals surface area contributed by atoms with Crippen molar-refractivity contribution in [3.8, 4) is 0 Å². The first kappa shape index (κ1) is 13.6. The van der Waals surface area contributed by atoms with E-state index in [-0.39, 0.29) is 0 Å². The normalized spacial score (nSPS) is 10.8. The van der Waals surface area contributed by atoms with Crippen molar-refractivity contribution in [2.24, 2.45) is 0 Å². The fraction of sp³-hybridized carbons (Fsp3) is 0.0952. The van der Waals surface area contributed by atoms with Gasteiger partial charge in [0.05, 0.1) is 5.92 Å². The molecular formula is C21H19. The van der Waals surface area contributed by atoms with Crippen LogP contribution in [0.1, 0.15) is 27.8 Å². The fourth-order valence-corrected chi connectivity index (χ4v) is 2.83. The standard InChI is InChI=1S/C21H19/c1-16-13-17(2)15-20(14-16)21(18-9-5-3-6-10-18)19-11-7-4-8-12-19/h3-15H,1-2H3. The molecule has 0 heteroatoms. The molecule has 1 radical (unpaired) electrons. The monoisotopic (exact) mass is 271 g/mol. The summed E-state index contributed by atoms with van der Waals surface area (Å²) in [5.41, 5.74) is 6.40. The summed E-state index contributed by atoms with van der Waals surface area (Å²) in [7, 11) is 0. The third-order valence-electron chi connectivity index (χ3n) is 3.64. The van der Waals surface area contributed by atoms with Gasteiger partial charge < -0.3 is 0 Å². The predicted octanol–water partition coefficient (Wildman–Crippen LogP) is 5.32. The van der Waals surface area contributed by atoms with Gasteiger partial charge in [-0.15, -0.1) is 0 Å². The summed E-state index contributed by atoms with van der Waals surface area (Å²) in [5.74, 6) is 1.29. The van der Waals surface area contributed by atoms with Gasteiger partial charge in [0.15, 0.2) is 0 Å². The molecule has 103 valence electrons. The Bertz CT molecular complexity index is 652. The molecule has 0 amide bonds. The van der Waals surface area contributed by atoms with E-state index < -0.39 is 0 Å². The van der Waals surface area contributed by atoms with E-state index >= 15 is 0 Å². The number of hydrogen-bond donors (Lipinski definition) is 0. The average Bonchev–Trinajstić information content (AvgIpc) is 2.49. The van der Waals surface area contributed by atoms with Gasteiger partial charge in [-0.2, -0.15) is 0 Å². The maximum atomic E-state index is 2.27.